The van der Waals surface area contributed by atoms with Crippen molar-refractivity contribution in [3.8, 4) is 0 Å². The van der Waals surface area contributed by atoms with Crippen LogP contribution in [0.25, 0.3) is 6.08 Å². The Bertz CT molecular complexity index is 593. The molecule has 96 valence electrons. The first kappa shape index (κ1) is 12.8. The number of pyridine rings is 1. The van der Waals surface area contributed by atoms with E-state index >= 15 is 0 Å². The Kier molecular flexibility index (Phi) is 3.93. The Morgan fingerprint density at radius 3 is 2.79 bits per heavy atom. The van der Waals surface area contributed by atoms with Gasteiger partial charge in [-0.05, 0) is 35.9 Å². The highest BCUT2D eigenvalue weighted by Crippen LogP contribution is 2.10. The van der Waals surface area contributed by atoms with Gasteiger partial charge < -0.3 is 5.73 Å². The molecule has 2 rings (SSSR count). The summed E-state index contributed by atoms with van der Waals surface area (Å²) in [5, 5.41) is 0. The second kappa shape index (κ2) is 5.82. The van der Waals surface area contributed by atoms with Gasteiger partial charge in [0.05, 0.1) is 0 Å². The number of amides is 1. The summed E-state index contributed by atoms with van der Waals surface area (Å²) in [6, 6.07) is 12.8. The molecule has 0 aliphatic rings. The molecule has 0 saturated heterocycles. The number of rotatable bonds is 3. The van der Waals surface area contributed by atoms with E-state index in [4.69, 9.17) is 5.73 Å². The van der Waals surface area contributed by atoms with Gasteiger partial charge in [-0.2, -0.15) is 0 Å². The van der Waals surface area contributed by atoms with Gasteiger partial charge in [0.25, 0.3) is 5.91 Å². The number of aromatic nitrogens is 1. The van der Waals surface area contributed by atoms with Crippen LogP contribution in [0.4, 0.5) is 11.5 Å². The summed E-state index contributed by atoms with van der Waals surface area (Å²) in [6.45, 7) is 0. The molecule has 4 heteroatoms. The maximum Gasteiger partial charge on any atom is 0.251 e. The van der Waals surface area contributed by atoms with Crippen molar-refractivity contribution in [2.24, 2.45) is 0 Å². The van der Waals surface area contributed by atoms with E-state index in [1.54, 1.807) is 31.5 Å². The molecule has 0 spiro atoms. The summed E-state index contributed by atoms with van der Waals surface area (Å²) < 4.78 is 0. The fourth-order valence-electron chi connectivity index (χ4n) is 1.61. The molecule has 1 aromatic carbocycles. The molecule has 0 atom stereocenters. The van der Waals surface area contributed by atoms with E-state index in [2.05, 4.69) is 4.98 Å². The highest BCUT2D eigenvalue weighted by atomic mass is 16.2. The van der Waals surface area contributed by atoms with Gasteiger partial charge in [0, 0.05) is 25.0 Å². The van der Waals surface area contributed by atoms with Gasteiger partial charge >= 0.3 is 0 Å². The Morgan fingerprint density at radius 2 is 2.11 bits per heavy atom. The van der Waals surface area contributed by atoms with Crippen LogP contribution >= 0.6 is 0 Å². The third kappa shape index (κ3) is 3.42. The number of benzene rings is 1. The molecule has 1 amide bonds. The van der Waals surface area contributed by atoms with Crippen molar-refractivity contribution < 1.29 is 4.79 Å². The molecule has 0 fully saturated rings. The molecule has 2 aromatic rings. The topological polar surface area (TPSA) is 59.2 Å². The van der Waals surface area contributed by atoms with Crippen LogP contribution in [0.3, 0.4) is 0 Å². The number of likely N-dealkylation sites (N-methyl/N-ethyl adjacent to an activating group) is 1. The van der Waals surface area contributed by atoms with E-state index in [9.17, 15) is 4.79 Å². The van der Waals surface area contributed by atoms with Gasteiger partial charge in [0.15, 0.2) is 0 Å². The van der Waals surface area contributed by atoms with E-state index in [0.29, 0.717) is 11.5 Å². The zero-order valence-electron chi connectivity index (χ0n) is 10.7. The van der Waals surface area contributed by atoms with E-state index in [0.717, 1.165) is 5.56 Å². The quantitative estimate of drug-likeness (QED) is 0.674. The Labute approximate surface area is 112 Å². The molecule has 2 N–H and O–H groups in total. The standard InChI is InChI=1S/C15H15N3O/c1-18(14-7-2-3-10-17-14)15(19)9-8-12-5-4-6-13(16)11-12/h2-11H,16H2,1H3/b9-8+. The average molecular weight is 253 g/mol. The van der Waals surface area contributed by atoms with Crippen LogP contribution in [0.5, 0.6) is 0 Å². The number of carbonyl (C=O) groups excluding carboxylic acids is 1. The van der Waals surface area contributed by atoms with Crippen molar-refractivity contribution >= 4 is 23.5 Å². The number of hydrogen-bond donors (Lipinski definition) is 1. The summed E-state index contributed by atoms with van der Waals surface area (Å²) in [5.41, 5.74) is 7.24. The zero-order chi connectivity index (χ0) is 13.7. The lowest BCUT2D eigenvalue weighted by atomic mass is 10.2. The van der Waals surface area contributed by atoms with Crippen molar-refractivity contribution in [2.45, 2.75) is 0 Å². The molecule has 1 aromatic heterocycles. The Hall–Kier alpha value is -2.62. The lowest BCUT2D eigenvalue weighted by Gasteiger charge is -2.13. The second-order valence-electron chi connectivity index (χ2n) is 4.09. The molecule has 0 unspecified atom stereocenters. The van der Waals surface area contributed by atoms with Gasteiger partial charge in [-0.3, -0.25) is 9.69 Å². The van der Waals surface area contributed by atoms with Crippen LogP contribution in [0.1, 0.15) is 5.56 Å². The minimum Gasteiger partial charge on any atom is -0.399 e. The maximum atomic E-state index is 12.0. The SMILES string of the molecule is CN(C(=O)/C=C/c1cccc(N)c1)c1ccccn1. The molecular weight excluding hydrogens is 238 g/mol. The number of nitrogen functional groups attached to an aromatic ring is 1. The van der Waals surface area contributed by atoms with Crippen molar-refractivity contribution in [3.05, 3.63) is 60.3 Å². The van der Waals surface area contributed by atoms with E-state index < -0.39 is 0 Å². The van der Waals surface area contributed by atoms with Crippen molar-refractivity contribution in [2.75, 3.05) is 17.7 Å². The van der Waals surface area contributed by atoms with Crippen LogP contribution in [0.15, 0.2) is 54.7 Å². The lowest BCUT2D eigenvalue weighted by molar-refractivity contribution is -0.113. The highest BCUT2D eigenvalue weighted by Gasteiger charge is 2.07. The van der Waals surface area contributed by atoms with Crippen LogP contribution in [-0.2, 0) is 4.79 Å². The van der Waals surface area contributed by atoms with Crippen LogP contribution in [0, 0.1) is 0 Å². The summed E-state index contributed by atoms with van der Waals surface area (Å²) in [5.74, 6) is 0.478. The largest absolute Gasteiger partial charge is 0.399 e. The summed E-state index contributed by atoms with van der Waals surface area (Å²) in [4.78, 5) is 17.6. The molecule has 1 heterocycles. The van der Waals surface area contributed by atoms with Gasteiger partial charge in [0.2, 0.25) is 0 Å². The monoisotopic (exact) mass is 253 g/mol. The van der Waals surface area contributed by atoms with Crippen LogP contribution in [-0.4, -0.2) is 17.9 Å². The van der Waals surface area contributed by atoms with E-state index in [1.165, 1.54) is 11.0 Å². The summed E-state index contributed by atoms with van der Waals surface area (Å²) in [7, 11) is 1.69. The minimum absolute atomic E-state index is 0.138. The molecule has 0 radical (unpaired) electrons. The predicted molar refractivity (Wildman–Crippen MR) is 77.5 cm³/mol. The Balaban J connectivity index is 2.09. The van der Waals surface area contributed by atoms with E-state index in [1.807, 2.05) is 30.3 Å². The van der Waals surface area contributed by atoms with Crippen molar-refractivity contribution in [1.29, 1.82) is 0 Å². The minimum atomic E-state index is -0.138. The summed E-state index contributed by atoms with van der Waals surface area (Å²) in [6.07, 6.45) is 4.89. The van der Waals surface area contributed by atoms with Gasteiger partial charge in [-0.25, -0.2) is 4.98 Å². The molecule has 19 heavy (non-hydrogen) atoms. The number of anilines is 2. The molecule has 0 aliphatic carbocycles. The molecular formula is C15H15N3O. The highest BCUT2D eigenvalue weighted by molar-refractivity contribution is 6.02. The average Bonchev–Trinajstić information content (AvgIpc) is 2.45. The Morgan fingerprint density at radius 1 is 1.26 bits per heavy atom. The third-order valence-electron chi connectivity index (χ3n) is 2.65. The van der Waals surface area contributed by atoms with Crippen LogP contribution in [0.2, 0.25) is 0 Å². The lowest BCUT2D eigenvalue weighted by Crippen LogP contribution is -2.24. The number of nitrogens with zero attached hydrogens (tertiary/aromatic N) is 2. The fourth-order valence-corrected chi connectivity index (χ4v) is 1.61. The smallest absolute Gasteiger partial charge is 0.251 e. The number of hydrogen-bond acceptors (Lipinski definition) is 3. The van der Waals surface area contributed by atoms with Gasteiger partial charge in [0.1, 0.15) is 5.82 Å². The molecule has 0 aliphatic heterocycles. The second-order valence-corrected chi connectivity index (χ2v) is 4.09. The van der Waals surface area contributed by atoms with E-state index in [-0.39, 0.29) is 5.91 Å². The summed E-state index contributed by atoms with van der Waals surface area (Å²) >= 11 is 0. The van der Waals surface area contributed by atoms with Crippen molar-refractivity contribution in [3.63, 3.8) is 0 Å². The van der Waals surface area contributed by atoms with Crippen molar-refractivity contribution in [1.82, 2.24) is 4.98 Å². The normalized spacial score (nSPS) is 10.6. The maximum absolute atomic E-state index is 12.0. The van der Waals surface area contributed by atoms with Gasteiger partial charge in [-0.1, -0.05) is 18.2 Å². The molecule has 4 nitrogen and oxygen atoms in total. The molecule has 0 bridgehead atoms. The number of carbonyl (C=O) groups is 1. The predicted octanol–water partition coefficient (Wildman–Crippen LogP) is 2.34. The fraction of sp³-hybridized carbons (Fsp3) is 0.0667. The number of nitrogens with two attached hydrogens (primary N) is 1. The van der Waals surface area contributed by atoms with Gasteiger partial charge in [-0.15, -0.1) is 0 Å². The first-order valence-corrected chi connectivity index (χ1v) is 5.89. The zero-order valence-corrected chi connectivity index (χ0v) is 10.7. The molecule has 0 saturated carbocycles. The van der Waals surface area contributed by atoms with Crippen LogP contribution < -0.4 is 10.6 Å². The third-order valence-corrected chi connectivity index (χ3v) is 2.65. The first-order chi connectivity index (χ1) is 9.16. The first-order valence-electron chi connectivity index (χ1n) is 5.89.